The van der Waals surface area contributed by atoms with Gasteiger partial charge in [-0.25, -0.2) is 9.78 Å². The van der Waals surface area contributed by atoms with E-state index >= 15 is 0 Å². The van der Waals surface area contributed by atoms with Crippen LogP contribution in [0.25, 0.3) is 16.6 Å². The Kier molecular flexibility index (Phi) is 6.48. The maximum atomic E-state index is 13.1. The zero-order valence-electron chi connectivity index (χ0n) is 16.7. The molecular weight excluding hydrogens is 424 g/mol. The number of carbonyl (C=O) groups is 2. The summed E-state index contributed by atoms with van der Waals surface area (Å²) in [5.41, 5.74) is 0.389. The summed E-state index contributed by atoms with van der Waals surface area (Å²) >= 11 is 7.04. The Morgan fingerprint density at radius 2 is 1.77 bits per heavy atom. The number of aromatic nitrogens is 2. The monoisotopic (exact) mass is 444 g/mol. The molecule has 1 aromatic heterocycles. The van der Waals surface area contributed by atoms with Crippen molar-refractivity contribution in [1.82, 2.24) is 20.2 Å². The van der Waals surface area contributed by atoms with E-state index in [1.807, 2.05) is 20.8 Å². The van der Waals surface area contributed by atoms with Crippen molar-refractivity contribution >= 4 is 46.2 Å². The molecule has 156 valence electrons. The summed E-state index contributed by atoms with van der Waals surface area (Å²) in [6, 6.07) is 13.2. The molecule has 3 aromatic rings. The van der Waals surface area contributed by atoms with Crippen LogP contribution in [0.2, 0.25) is 5.02 Å². The van der Waals surface area contributed by atoms with Crippen LogP contribution >= 0.6 is 23.4 Å². The molecule has 0 saturated heterocycles. The molecule has 9 heteroatoms. The number of hydrogen-bond acceptors (Lipinski definition) is 5. The lowest BCUT2D eigenvalue weighted by molar-refractivity contribution is -0.117. The lowest BCUT2D eigenvalue weighted by atomic mass is 10.1. The highest BCUT2D eigenvalue weighted by Crippen LogP contribution is 2.22. The summed E-state index contributed by atoms with van der Waals surface area (Å²) in [6.07, 6.45) is 0. The van der Waals surface area contributed by atoms with E-state index in [2.05, 4.69) is 15.6 Å². The number of para-hydroxylation sites is 1. The number of imide groups is 1. The highest BCUT2D eigenvalue weighted by Gasteiger charge is 2.18. The van der Waals surface area contributed by atoms with Gasteiger partial charge in [0, 0.05) is 10.6 Å². The van der Waals surface area contributed by atoms with Gasteiger partial charge in [-0.2, -0.15) is 0 Å². The molecule has 30 heavy (non-hydrogen) atoms. The van der Waals surface area contributed by atoms with Crippen LogP contribution in [0.3, 0.4) is 0 Å². The van der Waals surface area contributed by atoms with Crippen LogP contribution in [0, 0.1) is 0 Å². The maximum Gasteiger partial charge on any atom is 0.321 e. The molecular formula is C21H21ClN4O3S. The standard InChI is InChI=1S/C21H21ClN4O3S/c1-21(2,3)25-19(29)24-17(27)12-30-20-23-16-7-5-4-6-15(16)18(28)26(20)14-10-8-13(22)9-11-14/h4-11H,12H2,1-3H3,(H2,24,25,27,29). The van der Waals surface area contributed by atoms with E-state index in [0.29, 0.717) is 26.8 Å². The van der Waals surface area contributed by atoms with Gasteiger partial charge in [-0.1, -0.05) is 35.5 Å². The Morgan fingerprint density at radius 3 is 2.43 bits per heavy atom. The fourth-order valence-electron chi connectivity index (χ4n) is 2.69. The molecule has 3 amide bonds. The van der Waals surface area contributed by atoms with Crippen molar-refractivity contribution in [2.45, 2.75) is 31.5 Å². The Hall–Kier alpha value is -2.84. The van der Waals surface area contributed by atoms with Crippen molar-refractivity contribution in [1.29, 1.82) is 0 Å². The van der Waals surface area contributed by atoms with Gasteiger partial charge in [-0.15, -0.1) is 0 Å². The van der Waals surface area contributed by atoms with Gasteiger partial charge in [-0.3, -0.25) is 19.5 Å². The summed E-state index contributed by atoms with van der Waals surface area (Å²) in [4.78, 5) is 41.8. The molecule has 0 radical (unpaired) electrons. The SMILES string of the molecule is CC(C)(C)NC(=O)NC(=O)CSc1nc2ccccc2c(=O)n1-c1ccc(Cl)cc1. The third-order valence-electron chi connectivity index (χ3n) is 3.90. The lowest BCUT2D eigenvalue weighted by Gasteiger charge is -2.20. The minimum absolute atomic E-state index is 0.0874. The second-order valence-corrected chi connectivity index (χ2v) is 8.95. The van der Waals surface area contributed by atoms with Crippen molar-refractivity contribution in [3.05, 3.63) is 63.9 Å². The molecule has 0 spiro atoms. The van der Waals surface area contributed by atoms with E-state index in [4.69, 9.17) is 11.6 Å². The molecule has 0 atom stereocenters. The first kappa shape index (κ1) is 21.9. The summed E-state index contributed by atoms with van der Waals surface area (Å²) in [5, 5.41) is 6.29. The van der Waals surface area contributed by atoms with Gasteiger partial charge in [0.15, 0.2) is 5.16 Å². The van der Waals surface area contributed by atoms with E-state index in [1.165, 1.54) is 4.57 Å². The number of benzene rings is 2. The van der Waals surface area contributed by atoms with Gasteiger partial charge in [0.2, 0.25) is 5.91 Å². The Morgan fingerprint density at radius 1 is 1.10 bits per heavy atom. The summed E-state index contributed by atoms with van der Waals surface area (Å²) < 4.78 is 1.44. The first-order chi connectivity index (χ1) is 14.1. The van der Waals surface area contributed by atoms with E-state index in [0.717, 1.165) is 11.8 Å². The van der Waals surface area contributed by atoms with Crippen LogP contribution in [-0.2, 0) is 4.79 Å². The first-order valence-corrected chi connectivity index (χ1v) is 10.5. The molecule has 2 N–H and O–H groups in total. The smallest absolute Gasteiger partial charge is 0.321 e. The fourth-order valence-corrected chi connectivity index (χ4v) is 3.63. The zero-order valence-corrected chi connectivity index (χ0v) is 18.3. The fraction of sp³-hybridized carbons (Fsp3) is 0.238. The van der Waals surface area contributed by atoms with Crippen LogP contribution in [0.1, 0.15) is 20.8 Å². The second-order valence-electron chi connectivity index (χ2n) is 7.57. The normalized spacial score (nSPS) is 11.3. The van der Waals surface area contributed by atoms with Gasteiger partial charge in [0.05, 0.1) is 22.3 Å². The number of amides is 3. The van der Waals surface area contributed by atoms with Crippen molar-refractivity contribution in [2.24, 2.45) is 0 Å². The number of thioether (sulfide) groups is 1. The number of halogens is 1. The van der Waals surface area contributed by atoms with Crippen molar-refractivity contribution in [3.8, 4) is 5.69 Å². The Bertz CT molecular complexity index is 1150. The highest BCUT2D eigenvalue weighted by molar-refractivity contribution is 7.99. The third-order valence-corrected chi connectivity index (χ3v) is 5.09. The van der Waals surface area contributed by atoms with Crippen LogP contribution in [0.5, 0.6) is 0 Å². The average Bonchev–Trinajstić information content (AvgIpc) is 2.66. The van der Waals surface area contributed by atoms with Gasteiger partial charge < -0.3 is 5.32 Å². The summed E-state index contributed by atoms with van der Waals surface area (Å²) in [7, 11) is 0. The minimum Gasteiger partial charge on any atom is -0.333 e. The number of nitrogens with zero attached hydrogens (tertiary/aromatic N) is 2. The molecule has 1 heterocycles. The van der Waals surface area contributed by atoms with Crippen LogP contribution in [0.15, 0.2) is 58.5 Å². The predicted octanol–water partition coefficient (Wildman–Crippen LogP) is 3.76. The van der Waals surface area contributed by atoms with Crippen LogP contribution in [-0.4, -0.2) is 32.8 Å². The van der Waals surface area contributed by atoms with Crippen LogP contribution in [0.4, 0.5) is 4.79 Å². The van der Waals surface area contributed by atoms with Crippen LogP contribution < -0.4 is 16.2 Å². The topological polar surface area (TPSA) is 93.1 Å². The number of hydrogen-bond donors (Lipinski definition) is 2. The molecule has 0 saturated carbocycles. The minimum atomic E-state index is -0.574. The van der Waals surface area contributed by atoms with E-state index in [-0.39, 0.29) is 11.3 Å². The van der Waals surface area contributed by atoms with Gasteiger partial charge in [0.1, 0.15) is 0 Å². The molecule has 3 rings (SSSR count). The number of fused-ring (bicyclic) bond motifs is 1. The van der Waals surface area contributed by atoms with Crippen molar-refractivity contribution in [2.75, 3.05) is 5.75 Å². The Labute approximate surface area is 182 Å². The molecule has 0 aliphatic heterocycles. The van der Waals surface area contributed by atoms with Crippen molar-refractivity contribution in [3.63, 3.8) is 0 Å². The molecule has 0 unspecified atom stereocenters. The van der Waals surface area contributed by atoms with E-state index in [1.54, 1.807) is 48.5 Å². The molecule has 0 aliphatic carbocycles. The predicted molar refractivity (Wildman–Crippen MR) is 120 cm³/mol. The van der Waals surface area contributed by atoms with Gasteiger partial charge in [-0.05, 0) is 57.2 Å². The maximum absolute atomic E-state index is 13.1. The Balaban J connectivity index is 1.90. The van der Waals surface area contributed by atoms with E-state index < -0.39 is 17.5 Å². The molecule has 2 aromatic carbocycles. The number of urea groups is 1. The molecule has 0 bridgehead atoms. The quantitative estimate of drug-likeness (QED) is 0.472. The number of rotatable bonds is 4. The molecule has 7 nitrogen and oxygen atoms in total. The van der Waals surface area contributed by atoms with Gasteiger partial charge in [0.25, 0.3) is 5.56 Å². The average molecular weight is 445 g/mol. The summed E-state index contributed by atoms with van der Waals surface area (Å²) in [5.74, 6) is -0.581. The van der Waals surface area contributed by atoms with Crippen molar-refractivity contribution < 1.29 is 9.59 Å². The molecule has 0 fully saturated rings. The largest absolute Gasteiger partial charge is 0.333 e. The van der Waals surface area contributed by atoms with E-state index in [9.17, 15) is 14.4 Å². The molecule has 0 aliphatic rings. The summed E-state index contributed by atoms with van der Waals surface area (Å²) in [6.45, 7) is 5.45. The highest BCUT2D eigenvalue weighted by atomic mass is 35.5. The zero-order chi connectivity index (χ0) is 21.9. The first-order valence-electron chi connectivity index (χ1n) is 9.16. The third kappa shape index (κ3) is 5.40. The second kappa shape index (κ2) is 8.89. The lowest BCUT2D eigenvalue weighted by Crippen LogP contribution is -2.48. The number of nitrogens with one attached hydrogen (secondary N) is 2. The number of carbonyl (C=O) groups excluding carboxylic acids is 2. The van der Waals surface area contributed by atoms with Gasteiger partial charge >= 0.3 is 6.03 Å².